The molecular weight excluding hydrogens is 370 g/mol. The van der Waals surface area contributed by atoms with Gasteiger partial charge in [0.15, 0.2) is 9.94 Å². The number of thioether (sulfide) groups is 1. The second-order valence-corrected chi connectivity index (χ2v) is 8.28. The summed E-state index contributed by atoms with van der Waals surface area (Å²) in [6.45, 7) is 3.59. The summed E-state index contributed by atoms with van der Waals surface area (Å²) >= 11 is 8.82. The van der Waals surface area contributed by atoms with Crippen molar-refractivity contribution in [3.63, 3.8) is 0 Å². The SMILES string of the molecule is CCSc1nnc(NC(=O)C2(C)Cc3cc(Cl)ccc3C(=O)O2)s1. The smallest absolute Gasteiger partial charge is 0.339 e. The number of rotatable bonds is 4. The Kier molecular flexibility index (Phi) is 4.80. The van der Waals surface area contributed by atoms with E-state index >= 15 is 0 Å². The molecular formula is C15H14ClN3O3S2. The van der Waals surface area contributed by atoms with Crippen LogP contribution in [-0.2, 0) is 16.0 Å². The van der Waals surface area contributed by atoms with E-state index in [1.807, 2.05) is 6.92 Å². The molecule has 1 atom stereocenters. The predicted molar refractivity (Wildman–Crippen MR) is 93.9 cm³/mol. The second kappa shape index (κ2) is 6.70. The highest BCUT2D eigenvalue weighted by atomic mass is 35.5. The Labute approximate surface area is 151 Å². The Morgan fingerprint density at radius 2 is 2.29 bits per heavy atom. The summed E-state index contributed by atoms with van der Waals surface area (Å²) in [5.74, 6) is -0.106. The lowest BCUT2D eigenvalue weighted by Crippen LogP contribution is -2.48. The van der Waals surface area contributed by atoms with Crippen molar-refractivity contribution in [2.75, 3.05) is 11.1 Å². The third-order valence-electron chi connectivity index (χ3n) is 3.51. The standard InChI is InChI=1S/C15H14ClN3O3S2/c1-3-23-14-19-18-13(24-14)17-12(21)15(2)7-8-6-9(16)4-5-10(8)11(20)22-15/h4-6H,3,7H2,1-2H3,(H,17,18,21). The topological polar surface area (TPSA) is 81.2 Å². The van der Waals surface area contributed by atoms with Crippen molar-refractivity contribution in [2.45, 2.75) is 30.2 Å². The Morgan fingerprint density at radius 1 is 1.50 bits per heavy atom. The summed E-state index contributed by atoms with van der Waals surface area (Å²) in [7, 11) is 0. The molecule has 1 N–H and O–H groups in total. The highest BCUT2D eigenvalue weighted by Gasteiger charge is 2.43. The van der Waals surface area contributed by atoms with E-state index in [4.69, 9.17) is 16.3 Å². The number of cyclic esters (lactones) is 1. The number of hydrogen-bond donors (Lipinski definition) is 1. The average molecular weight is 384 g/mol. The zero-order chi connectivity index (χ0) is 17.3. The molecule has 126 valence electrons. The van der Waals surface area contributed by atoms with Crippen molar-refractivity contribution in [1.29, 1.82) is 0 Å². The monoisotopic (exact) mass is 383 g/mol. The molecule has 0 saturated carbocycles. The van der Waals surface area contributed by atoms with E-state index in [0.717, 1.165) is 10.1 Å². The van der Waals surface area contributed by atoms with Crippen molar-refractivity contribution in [3.05, 3.63) is 34.3 Å². The number of hydrogen-bond acceptors (Lipinski definition) is 7. The molecule has 1 aromatic heterocycles. The highest BCUT2D eigenvalue weighted by molar-refractivity contribution is 8.01. The summed E-state index contributed by atoms with van der Waals surface area (Å²) < 4.78 is 6.16. The molecule has 2 aromatic rings. The Balaban J connectivity index is 1.80. The zero-order valence-corrected chi connectivity index (χ0v) is 15.3. The number of ether oxygens (including phenoxy) is 1. The molecule has 1 aliphatic heterocycles. The number of fused-ring (bicyclic) bond motifs is 1. The number of anilines is 1. The van der Waals surface area contributed by atoms with E-state index in [1.54, 1.807) is 36.9 Å². The van der Waals surface area contributed by atoms with Gasteiger partial charge in [-0.15, -0.1) is 10.2 Å². The fraction of sp³-hybridized carbons (Fsp3) is 0.333. The Morgan fingerprint density at radius 3 is 3.04 bits per heavy atom. The number of carbonyl (C=O) groups is 2. The van der Waals surface area contributed by atoms with Crippen molar-refractivity contribution < 1.29 is 14.3 Å². The zero-order valence-electron chi connectivity index (χ0n) is 13.0. The van der Waals surface area contributed by atoms with E-state index < -0.39 is 17.5 Å². The molecule has 0 saturated heterocycles. The maximum absolute atomic E-state index is 12.6. The van der Waals surface area contributed by atoms with Gasteiger partial charge in [-0.1, -0.05) is 41.6 Å². The van der Waals surface area contributed by atoms with E-state index in [1.165, 1.54) is 11.3 Å². The van der Waals surface area contributed by atoms with Crippen molar-refractivity contribution in [3.8, 4) is 0 Å². The first-order valence-corrected chi connectivity index (χ1v) is 9.39. The molecule has 0 fully saturated rings. The first-order valence-electron chi connectivity index (χ1n) is 7.21. The van der Waals surface area contributed by atoms with Gasteiger partial charge in [0.25, 0.3) is 5.91 Å². The quantitative estimate of drug-likeness (QED) is 0.495. The summed E-state index contributed by atoms with van der Waals surface area (Å²) in [4.78, 5) is 24.8. The predicted octanol–water partition coefficient (Wildman–Crippen LogP) is 3.41. The van der Waals surface area contributed by atoms with Crippen LogP contribution in [0.3, 0.4) is 0 Å². The molecule has 1 unspecified atom stereocenters. The number of halogens is 1. The van der Waals surface area contributed by atoms with Crippen molar-refractivity contribution in [2.24, 2.45) is 0 Å². The maximum atomic E-state index is 12.6. The van der Waals surface area contributed by atoms with Crippen LogP contribution in [0.25, 0.3) is 0 Å². The van der Waals surface area contributed by atoms with Gasteiger partial charge in [-0.2, -0.15) is 0 Å². The molecule has 0 spiro atoms. The van der Waals surface area contributed by atoms with Crippen LogP contribution in [-0.4, -0.2) is 33.4 Å². The number of aromatic nitrogens is 2. The highest BCUT2D eigenvalue weighted by Crippen LogP contribution is 2.32. The third kappa shape index (κ3) is 3.40. The van der Waals surface area contributed by atoms with Gasteiger partial charge in [-0.3, -0.25) is 10.1 Å². The lowest BCUT2D eigenvalue weighted by Gasteiger charge is -2.32. The fourth-order valence-corrected chi connectivity index (χ4v) is 4.20. The Hall–Kier alpha value is -1.64. The van der Waals surface area contributed by atoms with Gasteiger partial charge in [-0.25, -0.2) is 4.79 Å². The minimum atomic E-state index is -1.32. The van der Waals surface area contributed by atoms with Crippen LogP contribution in [0.2, 0.25) is 5.02 Å². The molecule has 2 heterocycles. The van der Waals surface area contributed by atoms with E-state index in [9.17, 15) is 9.59 Å². The van der Waals surface area contributed by atoms with E-state index in [-0.39, 0.29) is 6.42 Å². The van der Waals surface area contributed by atoms with Gasteiger partial charge in [-0.05, 0) is 36.4 Å². The van der Waals surface area contributed by atoms with Crippen molar-refractivity contribution >= 4 is 51.7 Å². The lowest BCUT2D eigenvalue weighted by molar-refractivity contribution is -0.134. The van der Waals surface area contributed by atoms with Gasteiger partial charge in [0, 0.05) is 11.4 Å². The van der Waals surface area contributed by atoms with E-state index in [2.05, 4.69) is 15.5 Å². The van der Waals surface area contributed by atoms with Crippen LogP contribution in [0.1, 0.15) is 29.8 Å². The number of amides is 1. The van der Waals surface area contributed by atoms with Crippen molar-refractivity contribution in [1.82, 2.24) is 10.2 Å². The summed E-state index contributed by atoms with van der Waals surface area (Å²) in [6, 6.07) is 4.92. The second-order valence-electron chi connectivity index (χ2n) is 5.36. The van der Waals surface area contributed by atoms with Crippen LogP contribution in [0.15, 0.2) is 22.5 Å². The fourth-order valence-electron chi connectivity index (χ4n) is 2.36. The minimum Gasteiger partial charge on any atom is -0.445 e. The van der Waals surface area contributed by atoms with Gasteiger partial charge < -0.3 is 4.74 Å². The number of nitrogens with one attached hydrogen (secondary N) is 1. The molecule has 1 amide bonds. The van der Waals surface area contributed by atoms with Crippen LogP contribution in [0, 0.1) is 0 Å². The van der Waals surface area contributed by atoms with Gasteiger partial charge in [0.05, 0.1) is 5.56 Å². The Bertz CT molecular complexity index is 811. The molecule has 0 bridgehead atoms. The molecule has 6 nitrogen and oxygen atoms in total. The first kappa shape index (κ1) is 17.2. The van der Waals surface area contributed by atoms with Crippen LogP contribution < -0.4 is 5.32 Å². The molecule has 1 aliphatic rings. The molecule has 9 heteroatoms. The molecule has 3 rings (SSSR count). The third-order valence-corrected chi connectivity index (χ3v) is 5.60. The molecule has 24 heavy (non-hydrogen) atoms. The van der Waals surface area contributed by atoms with E-state index in [0.29, 0.717) is 21.3 Å². The normalized spacial score (nSPS) is 19.5. The van der Waals surface area contributed by atoms with Crippen LogP contribution in [0.5, 0.6) is 0 Å². The molecule has 0 radical (unpaired) electrons. The van der Waals surface area contributed by atoms with Gasteiger partial charge in [0.2, 0.25) is 5.13 Å². The lowest BCUT2D eigenvalue weighted by atomic mass is 9.89. The number of benzene rings is 1. The van der Waals surface area contributed by atoms with Crippen LogP contribution in [0.4, 0.5) is 5.13 Å². The van der Waals surface area contributed by atoms with Crippen LogP contribution >= 0.6 is 34.7 Å². The van der Waals surface area contributed by atoms with Gasteiger partial charge in [0.1, 0.15) is 0 Å². The number of carbonyl (C=O) groups excluding carboxylic acids is 2. The number of esters is 1. The summed E-state index contributed by atoms with van der Waals surface area (Å²) in [5.41, 5.74) is -0.198. The number of nitrogens with zero attached hydrogens (tertiary/aromatic N) is 2. The minimum absolute atomic E-state index is 0.246. The summed E-state index contributed by atoms with van der Waals surface area (Å²) in [6.07, 6.45) is 0.246. The summed E-state index contributed by atoms with van der Waals surface area (Å²) in [5, 5.41) is 11.5. The first-order chi connectivity index (χ1) is 11.4. The molecule has 0 aliphatic carbocycles. The van der Waals surface area contributed by atoms with Gasteiger partial charge >= 0.3 is 5.97 Å². The maximum Gasteiger partial charge on any atom is 0.339 e. The molecule has 1 aromatic carbocycles. The average Bonchev–Trinajstić information content (AvgIpc) is 2.94. The largest absolute Gasteiger partial charge is 0.445 e.